The highest BCUT2D eigenvalue weighted by Crippen LogP contribution is 2.32. The fraction of sp³-hybridized carbons (Fsp3) is 0.529. The van der Waals surface area contributed by atoms with Crippen molar-refractivity contribution in [2.24, 2.45) is 5.92 Å². The van der Waals surface area contributed by atoms with Gasteiger partial charge in [0.25, 0.3) is 0 Å². The highest BCUT2D eigenvalue weighted by atomic mass is 32.1. The molecule has 1 amide bonds. The Hall–Kier alpha value is -1.69. The minimum atomic E-state index is -0.284. The minimum absolute atomic E-state index is 0.0189. The third-order valence-corrected chi connectivity index (χ3v) is 5.50. The molecule has 1 saturated heterocycles. The number of aromatic nitrogens is 1. The molecule has 2 aromatic rings. The second-order valence-electron chi connectivity index (χ2n) is 6.19. The number of hydrogen-bond donors (Lipinski definition) is 1. The number of fused-ring (bicyclic) bond motifs is 1. The molecule has 1 N–H and O–H groups in total. The summed E-state index contributed by atoms with van der Waals surface area (Å²) in [4.78, 5) is 18.9. The first kappa shape index (κ1) is 16.2. The number of halogens is 1. The molecule has 23 heavy (non-hydrogen) atoms. The van der Waals surface area contributed by atoms with Crippen LogP contribution in [0.15, 0.2) is 18.2 Å². The van der Waals surface area contributed by atoms with Crippen molar-refractivity contribution in [1.29, 1.82) is 0 Å². The SMILES string of the molecule is CCC(C)NC(=O)C1CCCN(c2nc3c(F)cccc3s2)C1. The quantitative estimate of drug-likeness (QED) is 0.929. The van der Waals surface area contributed by atoms with Crippen LogP contribution >= 0.6 is 11.3 Å². The van der Waals surface area contributed by atoms with E-state index in [4.69, 9.17) is 0 Å². The Bertz CT molecular complexity index is 702. The van der Waals surface area contributed by atoms with E-state index in [0.717, 1.165) is 35.6 Å². The Morgan fingerprint density at radius 3 is 3.13 bits per heavy atom. The van der Waals surface area contributed by atoms with Crippen molar-refractivity contribution in [3.63, 3.8) is 0 Å². The Labute approximate surface area is 139 Å². The molecule has 0 radical (unpaired) electrons. The van der Waals surface area contributed by atoms with Crippen LogP contribution in [0.2, 0.25) is 0 Å². The molecule has 0 bridgehead atoms. The Morgan fingerprint density at radius 1 is 1.57 bits per heavy atom. The van der Waals surface area contributed by atoms with E-state index in [-0.39, 0.29) is 23.7 Å². The van der Waals surface area contributed by atoms with Crippen LogP contribution in [0, 0.1) is 11.7 Å². The molecule has 1 fully saturated rings. The molecule has 0 aliphatic carbocycles. The van der Waals surface area contributed by atoms with Gasteiger partial charge in [0.2, 0.25) is 5.91 Å². The van der Waals surface area contributed by atoms with E-state index < -0.39 is 0 Å². The van der Waals surface area contributed by atoms with Gasteiger partial charge in [0, 0.05) is 19.1 Å². The standard InChI is InChI=1S/C17H22FN3OS/c1-3-11(2)19-16(22)12-6-5-9-21(10-12)17-20-15-13(18)7-4-8-14(15)23-17/h4,7-8,11-12H,3,5-6,9-10H2,1-2H3,(H,19,22). The van der Waals surface area contributed by atoms with Gasteiger partial charge in [-0.15, -0.1) is 0 Å². The van der Waals surface area contributed by atoms with E-state index in [2.05, 4.69) is 22.1 Å². The maximum Gasteiger partial charge on any atom is 0.225 e. The summed E-state index contributed by atoms with van der Waals surface area (Å²) in [6.07, 6.45) is 2.79. The molecule has 124 valence electrons. The highest BCUT2D eigenvalue weighted by Gasteiger charge is 2.28. The number of piperidine rings is 1. The summed E-state index contributed by atoms with van der Waals surface area (Å²) in [6.45, 7) is 5.61. The van der Waals surface area contributed by atoms with Crippen molar-refractivity contribution in [1.82, 2.24) is 10.3 Å². The largest absolute Gasteiger partial charge is 0.353 e. The lowest BCUT2D eigenvalue weighted by Crippen LogP contribution is -2.45. The van der Waals surface area contributed by atoms with Gasteiger partial charge in [-0.3, -0.25) is 4.79 Å². The number of anilines is 1. The smallest absolute Gasteiger partial charge is 0.225 e. The van der Waals surface area contributed by atoms with Crippen LogP contribution in [-0.2, 0) is 4.79 Å². The molecule has 3 rings (SSSR count). The topological polar surface area (TPSA) is 45.2 Å². The summed E-state index contributed by atoms with van der Waals surface area (Å²) in [5, 5.41) is 3.88. The maximum atomic E-state index is 13.8. The summed E-state index contributed by atoms with van der Waals surface area (Å²) in [6, 6.07) is 5.23. The van der Waals surface area contributed by atoms with Gasteiger partial charge in [-0.2, -0.15) is 0 Å². The third-order valence-electron chi connectivity index (χ3n) is 4.42. The number of thiazole rings is 1. The van der Waals surface area contributed by atoms with Gasteiger partial charge in [-0.1, -0.05) is 24.3 Å². The fourth-order valence-corrected chi connectivity index (χ4v) is 3.88. The van der Waals surface area contributed by atoms with Gasteiger partial charge in [-0.05, 0) is 38.3 Å². The number of carbonyl (C=O) groups excluding carboxylic acids is 1. The molecule has 1 aliphatic heterocycles. The predicted octanol–water partition coefficient (Wildman–Crippen LogP) is 3.57. The zero-order valence-corrected chi connectivity index (χ0v) is 14.3. The van der Waals surface area contributed by atoms with E-state index in [0.29, 0.717) is 12.1 Å². The first-order chi connectivity index (χ1) is 11.1. The van der Waals surface area contributed by atoms with Crippen LogP contribution in [0.5, 0.6) is 0 Å². The Morgan fingerprint density at radius 2 is 2.39 bits per heavy atom. The van der Waals surface area contributed by atoms with Crippen molar-refractivity contribution in [3.05, 3.63) is 24.0 Å². The molecule has 2 unspecified atom stereocenters. The number of rotatable bonds is 4. The second kappa shape index (κ2) is 6.83. The van der Waals surface area contributed by atoms with Crippen molar-refractivity contribution in [3.8, 4) is 0 Å². The van der Waals surface area contributed by atoms with Crippen LogP contribution in [0.1, 0.15) is 33.1 Å². The van der Waals surface area contributed by atoms with Gasteiger partial charge in [-0.25, -0.2) is 9.37 Å². The van der Waals surface area contributed by atoms with E-state index in [1.165, 1.54) is 17.4 Å². The summed E-state index contributed by atoms with van der Waals surface area (Å²) in [5.41, 5.74) is 0.429. The van der Waals surface area contributed by atoms with Crippen molar-refractivity contribution in [2.75, 3.05) is 18.0 Å². The first-order valence-electron chi connectivity index (χ1n) is 8.19. The molecule has 0 saturated carbocycles. The predicted molar refractivity (Wildman–Crippen MR) is 92.4 cm³/mol. The zero-order chi connectivity index (χ0) is 16.4. The van der Waals surface area contributed by atoms with Crippen molar-refractivity contribution in [2.45, 2.75) is 39.2 Å². The highest BCUT2D eigenvalue weighted by molar-refractivity contribution is 7.22. The second-order valence-corrected chi connectivity index (χ2v) is 7.20. The molecule has 2 heterocycles. The van der Waals surface area contributed by atoms with Gasteiger partial charge in [0.1, 0.15) is 11.3 Å². The van der Waals surface area contributed by atoms with E-state index in [1.807, 2.05) is 13.0 Å². The number of nitrogens with one attached hydrogen (secondary N) is 1. The van der Waals surface area contributed by atoms with Gasteiger partial charge in [0.05, 0.1) is 10.6 Å². The molecule has 1 aromatic heterocycles. The number of nitrogens with zero attached hydrogens (tertiary/aromatic N) is 2. The fourth-order valence-electron chi connectivity index (χ4n) is 2.87. The van der Waals surface area contributed by atoms with Crippen LogP contribution in [0.4, 0.5) is 9.52 Å². The Kier molecular flexibility index (Phi) is 4.80. The van der Waals surface area contributed by atoms with E-state index in [9.17, 15) is 9.18 Å². The lowest BCUT2D eigenvalue weighted by atomic mass is 9.97. The zero-order valence-electron chi connectivity index (χ0n) is 13.5. The summed E-state index contributed by atoms with van der Waals surface area (Å²) in [5.74, 6) is -0.181. The summed E-state index contributed by atoms with van der Waals surface area (Å²) in [7, 11) is 0. The molecule has 6 heteroatoms. The van der Waals surface area contributed by atoms with Crippen molar-refractivity contribution >= 4 is 32.6 Å². The van der Waals surface area contributed by atoms with Crippen LogP contribution in [0.3, 0.4) is 0 Å². The molecule has 2 atom stereocenters. The minimum Gasteiger partial charge on any atom is -0.353 e. The summed E-state index contributed by atoms with van der Waals surface area (Å²) < 4.78 is 14.7. The first-order valence-corrected chi connectivity index (χ1v) is 9.00. The number of para-hydroxylation sites is 1. The number of carbonyl (C=O) groups is 1. The molecule has 4 nitrogen and oxygen atoms in total. The molecule has 1 aliphatic rings. The van der Waals surface area contributed by atoms with Crippen LogP contribution < -0.4 is 10.2 Å². The summed E-state index contributed by atoms with van der Waals surface area (Å²) >= 11 is 1.49. The van der Waals surface area contributed by atoms with Crippen LogP contribution in [-0.4, -0.2) is 30.0 Å². The van der Waals surface area contributed by atoms with E-state index in [1.54, 1.807) is 6.07 Å². The normalized spacial score (nSPS) is 19.8. The molecule has 1 aromatic carbocycles. The monoisotopic (exact) mass is 335 g/mol. The third kappa shape index (κ3) is 3.47. The van der Waals surface area contributed by atoms with Crippen molar-refractivity contribution < 1.29 is 9.18 Å². The molecule has 0 spiro atoms. The van der Waals surface area contributed by atoms with Gasteiger partial charge >= 0.3 is 0 Å². The van der Waals surface area contributed by atoms with E-state index >= 15 is 0 Å². The van der Waals surface area contributed by atoms with Gasteiger partial charge < -0.3 is 10.2 Å². The lowest BCUT2D eigenvalue weighted by molar-refractivity contribution is -0.125. The van der Waals surface area contributed by atoms with Gasteiger partial charge in [0.15, 0.2) is 5.13 Å². The molecular formula is C17H22FN3OS. The number of amides is 1. The molecular weight excluding hydrogens is 313 g/mol. The number of hydrogen-bond acceptors (Lipinski definition) is 4. The van der Waals surface area contributed by atoms with Crippen LogP contribution in [0.25, 0.3) is 10.2 Å². The average molecular weight is 335 g/mol. The lowest BCUT2D eigenvalue weighted by Gasteiger charge is -2.32. The number of benzene rings is 1. The average Bonchev–Trinajstić information content (AvgIpc) is 3.00. The maximum absolute atomic E-state index is 13.8. The Balaban J connectivity index is 1.74.